The summed E-state index contributed by atoms with van der Waals surface area (Å²) in [6.45, 7) is 1.45. The molecule has 26 heavy (non-hydrogen) atoms. The lowest BCUT2D eigenvalue weighted by atomic mass is 10.1. The lowest BCUT2D eigenvalue weighted by molar-refractivity contribution is -0.121. The number of carbonyl (C=O) groups excluding carboxylic acids is 1. The van der Waals surface area contributed by atoms with E-state index in [2.05, 4.69) is 5.32 Å². The summed E-state index contributed by atoms with van der Waals surface area (Å²) >= 11 is 0. The van der Waals surface area contributed by atoms with Gasteiger partial charge in [0, 0.05) is 7.05 Å². The number of hydrogen-bond acceptors (Lipinski definition) is 4. The zero-order valence-corrected chi connectivity index (χ0v) is 15.6. The summed E-state index contributed by atoms with van der Waals surface area (Å²) < 4.78 is 43.8. The van der Waals surface area contributed by atoms with Crippen LogP contribution in [0.5, 0.6) is 5.75 Å². The number of amides is 1. The van der Waals surface area contributed by atoms with Gasteiger partial charge in [-0.25, -0.2) is 12.8 Å². The number of nitrogens with one attached hydrogen (secondary N) is 1. The molecule has 0 aromatic heterocycles. The zero-order chi connectivity index (χ0) is 19.3. The summed E-state index contributed by atoms with van der Waals surface area (Å²) in [6, 6.07) is 11.4. The number of halogens is 1. The summed E-state index contributed by atoms with van der Waals surface area (Å²) in [7, 11) is -1.00. The van der Waals surface area contributed by atoms with Crippen LogP contribution in [0.25, 0.3) is 0 Å². The van der Waals surface area contributed by atoms with E-state index in [-0.39, 0.29) is 17.5 Å². The Morgan fingerprint density at radius 1 is 1.15 bits per heavy atom. The predicted molar refractivity (Wildman–Crippen MR) is 95.8 cm³/mol. The fourth-order valence-corrected chi connectivity index (χ4v) is 3.46. The van der Waals surface area contributed by atoms with Crippen molar-refractivity contribution in [1.29, 1.82) is 0 Å². The smallest absolute Gasteiger partial charge is 0.243 e. The van der Waals surface area contributed by atoms with Gasteiger partial charge in [-0.1, -0.05) is 12.1 Å². The third-order valence-corrected chi connectivity index (χ3v) is 5.70. The van der Waals surface area contributed by atoms with Crippen LogP contribution in [0, 0.1) is 5.82 Å². The average Bonchev–Trinajstić information content (AvgIpc) is 2.61. The summed E-state index contributed by atoms with van der Waals surface area (Å²) in [5.74, 6) is -0.267. The van der Waals surface area contributed by atoms with Gasteiger partial charge in [0.2, 0.25) is 15.9 Å². The standard InChI is InChI=1S/C18H21FN2O4S/c1-13(14-4-8-16(25-3)9-5-14)20-18(22)12-21(2)26(23,24)17-10-6-15(19)7-11-17/h4-11,13H,12H2,1-3H3,(H,20,22). The van der Waals surface area contributed by atoms with Crippen molar-refractivity contribution >= 4 is 15.9 Å². The minimum absolute atomic E-state index is 0.0718. The van der Waals surface area contributed by atoms with E-state index < -0.39 is 21.7 Å². The number of hydrogen-bond donors (Lipinski definition) is 1. The average molecular weight is 380 g/mol. The SMILES string of the molecule is COc1ccc(C(C)NC(=O)CN(C)S(=O)(=O)c2ccc(F)cc2)cc1. The first-order valence-electron chi connectivity index (χ1n) is 7.89. The molecule has 2 aromatic carbocycles. The third kappa shape index (κ3) is 4.80. The van der Waals surface area contributed by atoms with Gasteiger partial charge in [-0.3, -0.25) is 4.79 Å². The molecule has 0 fully saturated rings. The molecule has 0 saturated carbocycles. The quantitative estimate of drug-likeness (QED) is 0.800. The van der Waals surface area contributed by atoms with E-state index in [0.29, 0.717) is 5.75 Å². The Morgan fingerprint density at radius 3 is 2.27 bits per heavy atom. The second-order valence-electron chi connectivity index (χ2n) is 5.78. The van der Waals surface area contributed by atoms with Crippen molar-refractivity contribution in [1.82, 2.24) is 9.62 Å². The highest BCUT2D eigenvalue weighted by atomic mass is 32.2. The molecule has 0 aliphatic rings. The van der Waals surface area contributed by atoms with Gasteiger partial charge in [0.05, 0.1) is 24.6 Å². The van der Waals surface area contributed by atoms with Gasteiger partial charge in [-0.2, -0.15) is 4.31 Å². The van der Waals surface area contributed by atoms with Crippen molar-refractivity contribution in [2.75, 3.05) is 20.7 Å². The first-order valence-corrected chi connectivity index (χ1v) is 9.33. The van der Waals surface area contributed by atoms with Crippen LogP contribution in [0.2, 0.25) is 0 Å². The van der Waals surface area contributed by atoms with E-state index in [0.717, 1.165) is 22.0 Å². The monoisotopic (exact) mass is 380 g/mol. The topological polar surface area (TPSA) is 75.7 Å². The van der Waals surface area contributed by atoms with Crippen LogP contribution < -0.4 is 10.1 Å². The molecule has 2 rings (SSSR count). The maximum Gasteiger partial charge on any atom is 0.243 e. The van der Waals surface area contributed by atoms with Crippen LogP contribution in [0.1, 0.15) is 18.5 Å². The van der Waals surface area contributed by atoms with Crippen LogP contribution in [-0.4, -0.2) is 39.3 Å². The second-order valence-corrected chi connectivity index (χ2v) is 7.82. The van der Waals surface area contributed by atoms with Crippen LogP contribution in [0.3, 0.4) is 0 Å². The highest BCUT2D eigenvalue weighted by Crippen LogP contribution is 2.18. The number of methoxy groups -OCH3 is 1. The summed E-state index contributed by atoms with van der Waals surface area (Å²) in [5, 5.41) is 2.75. The Kier molecular flexibility index (Phi) is 6.33. The minimum atomic E-state index is -3.87. The lowest BCUT2D eigenvalue weighted by Crippen LogP contribution is -2.39. The largest absolute Gasteiger partial charge is 0.497 e. The third-order valence-electron chi connectivity index (χ3n) is 3.88. The van der Waals surface area contributed by atoms with Gasteiger partial charge in [0.25, 0.3) is 0 Å². The molecule has 1 atom stereocenters. The second kappa shape index (κ2) is 8.29. The molecule has 140 valence electrons. The van der Waals surface area contributed by atoms with Crippen molar-refractivity contribution in [3.05, 3.63) is 59.9 Å². The minimum Gasteiger partial charge on any atom is -0.497 e. The van der Waals surface area contributed by atoms with Crippen molar-refractivity contribution in [2.45, 2.75) is 17.9 Å². The summed E-state index contributed by atoms with van der Waals surface area (Å²) in [6.07, 6.45) is 0. The van der Waals surface area contributed by atoms with Gasteiger partial charge in [0.15, 0.2) is 0 Å². The van der Waals surface area contributed by atoms with E-state index in [1.165, 1.54) is 19.2 Å². The molecule has 0 bridgehead atoms. The van der Waals surface area contributed by atoms with E-state index in [1.54, 1.807) is 26.2 Å². The maximum atomic E-state index is 13.0. The normalized spacial score (nSPS) is 12.7. The number of rotatable bonds is 7. The highest BCUT2D eigenvalue weighted by molar-refractivity contribution is 7.89. The van der Waals surface area contributed by atoms with Crippen LogP contribution in [-0.2, 0) is 14.8 Å². The maximum absolute atomic E-state index is 13.0. The van der Waals surface area contributed by atoms with Crippen LogP contribution >= 0.6 is 0 Å². The molecule has 0 heterocycles. The summed E-state index contributed by atoms with van der Waals surface area (Å²) in [4.78, 5) is 12.1. The molecular weight excluding hydrogens is 359 g/mol. The molecule has 8 heteroatoms. The molecular formula is C18H21FN2O4S. The Morgan fingerprint density at radius 2 is 1.73 bits per heavy atom. The van der Waals surface area contributed by atoms with Crippen molar-refractivity contribution < 1.29 is 22.3 Å². The van der Waals surface area contributed by atoms with E-state index in [4.69, 9.17) is 4.74 Å². The Labute approximate surface area is 152 Å². The van der Waals surface area contributed by atoms with Gasteiger partial charge in [-0.05, 0) is 48.9 Å². The number of benzene rings is 2. The molecule has 1 unspecified atom stereocenters. The number of nitrogens with zero attached hydrogens (tertiary/aromatic N) is 1. The molecule has 0 saturated heterocycles. The molecule has 0 aliphatic carbocycles. The van der Waals surface area contributed by atoms with E-state index in [9.17, 15) is 17.6 Å². The first-order chi connectivity index (χ1) is 12.2. The number of ether oxygens (including phenoxy) is 1. The van der Waals surface area contributed by atoms with Gasteiger partial charge < -0.3 is 10.1 Å². The molecule has 0 radical (unpaired) electrons. The van der Waals surface area contributed by atoms with Crippen LogP contribution in [0.15, 0.2) is 53.4 Å². The Bertz CT molecular complexity index is 852. The van der Waals surface area contributed by atoms with E-state index >= 15 is 0 Å². The summed E-state index contributed by atoms with van der Waals surface area (Å²) in [5.41, 5.74) is 0.864. The van der Waals surface area contributed by atoms with Gasteiger partial charge >= 0.3 is 0 Å². The van der Waals surface area contributed by atoms with Crippen molar-refractivity contribution in [3.63, 3.8) is 0 Å². The van der Waals surface area contributed by atoms with Gasteiger partial charge in [0.1, 0.15) is 11.6 Å². The fraction of sp³-hybridized carbons (Fsp3) is 0.278. The molecule has 0 spiro atoms. The highest BCUT2D eigenvalue weighted by Gasteiger charge is 2.23. The molecule has 1 amide bonds. The predicted octanol–water partition coefficient (Wildman–Crippen LogP) is 2.33. The number of sulfonamides is 1. The molecule has 2 aromatic rings. The number of carbonyl (C=O) groups is 1. The van der Waals surface area contributed by atoms with Gasteiger partial charge in [-0.15, -0.1) is 0 Å². The van der Waals surface area contributed by atoms with Crippen molar-refractivity contribution in [3.8, 4) is 5.75 Å². The molecule has 1 N–H and O–H groups in total. The van der Waals surface area contributed by atoms with Crippen LogP contribution in [0.4, 0.5) is 4.39 Å². The Balaban J connectivity index is 2.00. The Hall–Kier alpha value is -2.45. The molecule has 0 aliphatic heterocycles. The zero-order valence-electron chi connectivity index (χ0n) is 14.8. The molecule has 6 nitrogen and oxygen atoms in total. The fourth-order valence-electron chi connectivity index (χ4n) is 2.34. The lowest BCUT2D eigenvalue weighted by Gasteiger charge is -2.19. The van der Waals surface area contributed by atoms with Crippen molar-refractivity contribution in [2.24, 2.45) is 0 Å². The first kappa shape index (κ1) is 19.9. The van der Waals surface area contributed by atoms with E-state index in [1.807, 2.05) is 12.1 Å². The number of likely N-dealkylation sites (N-methyl/N-ethyl adjacent to an activating group) is 1.